The molecule has 0 bridgehead atoms. The number of aromatic nitrogens is 2. The lowest BCUT2D eigenvalue weighted by Gasteiger charge is -2.16. The molecule has 1 fully saturated rings. The molecule has 1 saturated carbocycles. The number of para-hydroxylation sites is 1. The van der Waals surface area contributed by atoms with Crippen LogP contribution in [0.15, 0.2) is 36.7 Å². The van der Waals surface area contributed by atoms with Crippen LogP contribution in [0.4, 0.5) is 5.95 Å². The zero-order chi connectivity index (χ0) is 13.1. The number of nitrogens with zero attached hydrogens (tertiary/aromatic N) is 2. The van der Waals surface area contributed by atoms with E-state index in [9.17, 15) is 0 Å². The smallest absolute Gasteiger partial charge is 0.207 e. The summed E-state index contributed by atoms with van der Waals surface area (Å²) in [6.45, 7) is 2.19. The van der Waals surface area contributed by atoms with Crippen molar-refractivity contribution < 1.29 is 0 Å². The molecule has 3 nitrogen and oxygen atoms in total. The Bertz CT molecular complexity index is 538. The highest BCUT2D eigenvalue weighted by atomic mass is 15.2. The average molecular weight is 255 g/mol. The zero-order valence-corrected chi connectivity index (χ0v) is 11.5. The Morgan fingerprint density at radius 1 is 1.26 bits per heavy atom. The van der Waals surface area contributed by atoms with Gasteiger partial charge in [0.2, 0.25) is 5.95 Å². The Hall–Kier alpha value is -1.77. The molecule has 1 aliphatic rings. The molecule has 1 aliphatic carbocycles. The summed E-state index contributed by atoms with van der Waals surface area (Å²) in [6, 6.07) is 9.14. The Labute approximate surface area is 114 Å². The van der Waals surface area contributed by atoms with Crippen molar-refractivity contribution in [2.75, 3.05) is 5.32 Å². The molecule has 0 atom stereocenters. The second-order valence-corrected chi connectivity index (χ2v) is 5.23. The summed E-state index contributed by atoms with van der Waals surface area (Å²) in [6.07, 6.45) is 10.2. The van der Waals surface area contributed by atoms with Gasteiger partial charge < -0.3 is 5.32 Å². The maximum atomic E-state index is 4.48. The van der Waals surface area contributed by atoms with Gasteiger partial charge in [-0.15, -0.1) is 0 Å². The first kappa shape index (κ1) is 12.3. The van der Waals surface area contributed by atoms with E-state index in [4.69, 9.17) is 0 Å². The van der Waals surface area contributed by atoms with Crippen molar-refractivity contribution in [3.63, 3.8) is 0 Å². The Kier molecular flexibility index (Phi) is 3.53. The van der Waals surface area contributed by atoms with Gasteiger partial charge in [-0.2, -0.15) is 0 Å². The number of hydrogen-bond donors (Lipinski definition) is 1. The number of nitrogens with one attached hydrogen (secondary N) is 1. The summed E-state index contributed by atoms with van der Waals surface area (Å²) in [7, 11) is 0. The largest absolute Gasteiger partial charge is 0.353 e. The third kappa shape index (κ3) is 2.50. The quantitative estimate of drug-likeness (QED) is 0.900. The number of benzene rings is 1. The van der Waals surface area contributed by atoms with E-state index >= 15 is 0 Å². The highest BCUT2D eigenvalue weighted by molar-refractivity contribution is 5.47. The maximum Gasteiger partial charge on any atom is 0.207 e. The third-order valence-corrected chi connectivity index (χ3v) is 3.96. The van der Waals surface area contributed by atoms with Gasteiger partial charge >= 0.3 is 0 Å². The maximum absolute atomic E-state index is 4.48. The van der Waals surface area contributed by atoms with Crippen LogP contribution in [0, 0.1) is 0 Å². The van der Waals surface area contributed by atoms with Gasteiger partial charge in [-0.1, -0.05) is 38.0 Å². The van der Waals surface area contributed by atoms with Crippen LogP contribution in [-0.4, -0.2) is 15.6 Å². The van der Waals surface area contributed by atoms with Gasteiger partial charge in [-0.05, 0) is 30.9 Å². The van der Waals surface area contributed by atoms with E-state index in [0.717, 1.165) is 12.4 Å². The summed E-state index contributed by atoms with van der Waals surface area (Å²) in [5.41, 5.74) is 2.60. The molecule has 1 aromatic carbocycles. The van der Waals surface area contributed by atoms with Crippen LogP contribution in [0.25, 0.3) is 5.69 Å². The second kappa shape index (κ2) is 5.47. The standard InChI is InChI=1S/C16H21N3/c1-2-13-7-3-6-10-15(13)19-12-11-17-16(19)18-14-8-4-5-9-14/h3,6-7,10-12,14H,2,4-5,8-9H2,1H3,(H,17,18). The van der Waals surface area contributed by atoms with Crippen molar-refractivity contribution in [1.29, 1.82) is 0 Å². The predicted octanol–water partition coefficient (Wildman–Crippen LogP) is 3.79. The van der Waals surface area contributed by atoms with E-state index in [2.05, 4.69) is 46.1 Å². The average Bonchev–Trinajstić information content (AvgIpc) is 3.11. The molecule has 1 N–H and O–H groups in total. The Balaban J connectivity index is 1.90. The lowest BCUT2D eigenvalue weighted by molar-refractivity contribution is 0.740. The lowest BCUT2D eigenvalue weighted by Crippen LogP contribution is -2.18. The molecule has 0 unspecified atom stereocenters. The molecule has 19 heavy (non-hydrogen) atoms. The first-order valence-electron chi connectivity index (χ1n) is 7.26. The fraction of sp³-hybridized carbons (Fsp3) is 0.438. The summed E-state index contributed by atoms with van der Waals surface area (Å²) < 4.78 is 2.18. The lowest BCUT2D eigenvalue weighted by atomic mass is 10.1. The SMILES string of the molecule is CCc1ccccc1-n1ccnc1NC1CCCC1. The van der Waals surface area contributed by atoms with Crippen molar-refractivity contribution >= 4 is 5.95 Å². The molecular weight excluding hydrogens is 234 g/mol. The van der Waals surface area contributed by atoms with Crippen LogP contribution >= 0.6 is 0 Å². The van der Waals surface area contributed by atoms with Gasteiger partial charge in [0.25, 0.3) is 0 Å². The predicted molar refractivity (Wildman–Crippen MR) is 78.8 cm³/mol. The van der Waals surface area contributed by atoms with E-state index in [0.29, 0.717) is 6.04 Å². The zero-order valence-electron chi connectivity index (χ0n) is 11.5. The van der Waals surface area contributed by atoms with Gasteiger partial charge in [0, 0.05) is 18.4 Å². The van der Waals surface area contributed by atoms with Crippen molar-refractivity contribution in [1.82, 2.24) is 9.55 Å². The van der Waals surface area contributed by atoms with Crippen LogP contribution in [0.3, 0.4) is 0 Å². The number of anilines is 1. The molecule has 100 valence electrons. The van der Waals surface area contributed by atoms with Crippen molar-refractivity contribution in [2.24, 2.45) is 0 Å². The van der Waals surface area contributed by atoms with Gasteiger partial charge in [-0.25, -0.2) is 4.98 Å². The van der Waals surface area contributed by atoms with E-state index in [1.165, 1.54) is 36.9 Å². The number of aryl methyl sites for hydroxylation is 1. The first-order valence-corrected chi connectivity index (χ1v) is 7.26. The van der Waals surface area contributed by atoms with Crippen LogP contribution in [-0.2, 0) is 6.42 Å². The van der Waals surface area contributed by atoms with Gasteiger partial charge in [0.1, 0.15) is 0 Å². The van der Waals surface area contributed by atoms with E-state index in [-0.39, 0.29) is 0 Å². The molecular formula is C16H21N3. The van der Waals surface area contributed by atoms with Crippen LogP contribution in [0.1, 0.15) is 38.2 Å². The minimum Gasteiger partial charge on any atom is -0.353 e. The molecule has 0 radical (unpaired) electrons. The topological polar surface area (TPSA) is 29.9 Å². The van der Waals surface area contributed by atoms with Gasteiger partial charge in [0.05, 0.1) is 5.69 Å². The Morgan fingerprint density at radius 3 is 2.84 bits per heavy atom. The van der Waals surface area contributed by atoms with Crippen LogP contribution < -0.4 is 5.32 Å². The number of imidazole rings is 1. The van der Waals surface area contributed by atoms with Crippen molar-refractivity contribution in [3.8, 4) is 5.69 Å². The molecule has 1 heterocycles. The molecule has 0 aliphatic heterocycles. The van der Waals surface area contributed by atoms with Gasteiger partial charge in [0.15, 0.2) is 0 Å². The normalized spacial score (nSPS) is 15.8. The first-order chi connectivity index (χ1) is 9.38. The molecule has 0 saturated heterocycles. The van der Waals surface area contributed by atoms with Crippen LogP contribution in [0.5, 0.6) is 0 Å². The minimum absolute atomic E-state index is 0.593. The fourth-order valence-electron chi connectivity index (χ4n) is 2.90. The fourth-order valence-corrected chi connectivity index (χ4v) is 2.90. The van der Waals surface area contributed by atoms with E-state index < -0.39 is 0 Å². The summed E-state index contributed by atoms with van der Waals surface area (Å²) in [4.78, 5) is 4.48. The van der Waals surface area contributed by atoms with Crippen molar-refractivity contribution in [3.05, 3.63) is 42.2 Å². The minimum atomic E-state index is 0.593. The summed E-state index contributed by atoms with van der Waals surface area (Å²) in [5, 5.41) is 3.59. The van der Waals surface area contributed by atoms with Gasteiger partial charge in [-0.3, -0.25) is 4.57 Å². The molecule has 0 spiro atoms. The molecule has 0 amide bonds. The van der Waals surface area contributed by atoms with Crippen molar-refractivity contribution in [2.45, 2.75) is 45.1 Å². The van der Waals surface area contributed by atoms with E-state index in [1.54, 1.807) is 0 Å². The monoisotopic (exact) mass is 255 g/mol. The van der Waals surface area contributed by atoms with E-state index in [1.807, 2.05) is 12.4 Å². The third-order valence-electron chi connectivity index (χ3n) is 3.96. The highest BCUT2D eigenvalue weighted by Crippen LogP contribution is 2.24. The molecule has 1 aromatic heterocycles. The van der Waals surface area contributed by atoms with Crippen LogP contribution in [0.2, 0.25) is 0 Å². The second-order valence-electron chi connectivity index (χ2n) is 5.23. The summed E-state index contributed by atoms with van der Waals surface area (Å²) in [5.74, 6) is 0.979. The highest BCUT2D eigenvalue weighted by Gasteiger charge is 2.17. The summed E-state index contributed by atoms with van der Waals surface area (Å²) >= 11 is 0. The number of hydrogen-bond acceptors (Lipinski definition) is 2. The Morgan fingerprint density at radius 2 is 2.05 bits per heavy atom. The molecule has 2 aromatic rings. The molecule has 3 rings (SSSR count). The number of rotatable bonds is 4. The molecule has 3 heteroatoms.